The van der Waals surface area contributed by atoms with Crippen LogP contribution in [0, 0.1) is 5.41 Å². The number of hydrogen-bond acceptors (Lipinski definition) is 3. The summed E-state index contributed by atoms with van der Waals surface area (Å²) in [5.41, 5.74) is -0.478. The lowest BCUT2D eigenvalue weighted by Gasteiger charge is -2.40. The Kier molecular flexibility index (Phi) is 5.35. The quantitative estimate of drug-likeness (QED) is 0.821. The van der Waals surface area contributed by atoms with E-state index < -0.39 is 11.4 Å². The molecule has 5 heteroatoms. The summed E-state index contributed by atoms with van der Waals surface area (Å²) in [7, 11) is 0. The summed E-state index contributed by atoms with van der Waals surface area (Å²) >= 11 is 0. The highest BCUT2D eigenvalue weighted by Crippen LogP contribution is 2.26. The molecule has 1 aliphatic heterocycles. The molecule has 5 nitrogen and oxygen atoms in total. The van der Waals surface area contributed by atoms with Crippen LogP contribution >= 0.6 is 0 Å². The van der Waals surface area contributed by atoms with Crippen LogP contribution in [0.25, 0.3) is 0 Å². The molecule has 1 atom stereocenters. The maximum Gasteiger partial charge on any atom is 0.303 e. The number of carbonyl (C=O) groups excluding carboxylic acids is 1. The highest BCUT2D eigenvalue weighted by Gasteiger charge is 2.30. The van der Waals surface area contributed by atoms with Crippen molar-refractivity contribution in [2.24, 2.45) is 5.41 Å². The molecule has 1 fully saturated rings. The minimum atomic E-state index is -0.845. The van der Waals surface area contributed by atoms with Crippen molar-refractivity contribution in [3.05, 3.63) is 0 Å². The van der Waals surface area contributed by atoms with E-state index in [4.69, 9.17) is 5.11 Å². The lowest BCUT2D eigenvalue weighted by atomic mass is 9.85. The zero-order valence-electron chi connectivity index (χ0n) is 12.5. The van der Waals surface area contributed by atoms with Crippen molar-refractivity contribution in [2.75, 3.05) is 26.2 Å². The molecule has 0 aromatic heterocycles. The van der Waals surface area contributed by atoms with Gasteiger partial charge in [0.05, 0.1) is 6.42 Å². The Balaban J connectivity index is 2.53. The van der Waals surface area contributed by atoms with E-state index in [9.17, 15) is 9.59 Å². The van der Waals surface area contributed by atoms with Gasteiger partial charge in [-0.1, -0.05) is 20.8 Å². The van der Waals surface area contributed by atoms with Gasteiger partial charge in [0, 0.05) is 32.1 Å². The largest absolute Gasteiger partial charge is 0.481 e. The van der Waals surface area contributed by atoms with Crippen LogP contribution in [0.1, 0.15) is 40.5 Å². The first-order valence-corrected chi connectivity index (χ1v) is 6.99. The molecule has 1 heterocycles. The van der Waals surface area contributed by atoms with E-state index in [1.54, 1.807) is 0 Å². The topological polar surface area (TPSA) is 60.9 Å². The molecule has 0 aromatic rings. The van der Waals surface area contributed by atoms with Crippen LogP contribution in [0.4, 0.5) is 0 Å². The lowest BCUT2D eigenvalue weighted by molar-refractivity contribution is -0.141. The van der Waals surface area contributed by atoms with Crippen LogP contribution in [0.5, 0.6) is 0 Å². The minimum absolute atomic E-state index is 0.0310. The van der Waals surface area contributed by atoms with Gasteiger partial charge in [-0.15, -0.1) is 0 Å². The third kappa shape index (κ3) is 4.82. The second-order valence-corrected chi connectivity index (χ2v) is 6.23. The van der Waals surface area contributed by atoms with E-state index in [1.807, 2.05) is 18.7 Å². The maximum absolute atomic E-state index is 12.3. The standard InChI is InChI=1S/C14H26N2O3/c1-5-15-6-7-16(10-11(15)2)12(17)8-14(3,4)9-13(18)19/h11H,5-10H2,1-4H3,(H,18,19). The Morgan fingerprint density at radius 2 is 1.89 bits per heavy atom. The number of aliphatic carboxylic acids is 1. The summed E-state index contributed by atoms with van der Waals surface area (Å²) in [4.78, 5) is 27.3. The third-order valence-electron chi connectivity index (χ3n) is 3.78. The van der Waals surface area contributed by atoms with E-state index in [0.717, 1.165) is 26.2 Å². The minimum Gasteiger partial charge on any atom is -0.481 e. The molecule has 1 rings (SSSR count). The van der Waals surface area contributed by atoms with E-state index in [2.05, 4.69) is 18.7 Å². The summed E-state index contributed by atoms with van der Waals surface area (Å²) in [5, 5.41) is 8.85. The molecule has 1 unspecified atom stereocenters. The third-order valence-corrected chi connectivity index (χ3v) is 3.78. The maximum atomic E-state index is 12.3. The fraction of sp³-hybridized carbons (Fsp3) is 0.857. The molecule has 110 valence electrons. The van der Waals surface area contributed by atoms with Crippen molar-refractivity contribution in [3.63, 3.8) is 0 Å². The average Bonchev–Trinajstić information content (AvgIpc) is 2.26. The number of carboxylic acids is 1. The number of piperazine rings is 1. The van der Waals surface area contributed by atoms with Crippen LogP contribution < -0.4 is 0 Å². The van der Waals surface area contributed by atoms with Gasteiger partial charge in [0.25, 0.3) is 0 Å². The molecule has 0 aromatic carbocycles. The van der Waals surface area contributed by atoms with E-state index >= 15 is 0 Å². The van der Waals surface area contributed by atoms with Crippen LogP contribution in [-0.4, -0.2) is 59.0 Å². The Morgan fingerprint density at radius 1 is 1.26 bits per heavy atom. The van der Waals surface area contributed by atoms with Gasteiger partial charge in [0.1, 0.15) is 0 Å². The summed E-state index contributed by atoms with van der Waals surface area (Å²) in [6, 6.07) is 0.380. The van der Waals surface area contributed by atoms with Crippen LogP contribution in [0.3, 0.4) is 0 Å². The monoisotopic (exact) mass is 270 g/mol. The fourth-order valence-corrected chi connectivity index (χ4v) is 2.68. The van der Waals surface area contributed by atoms with Crippen LogP contribution in [0.15, 0.2) is 0 Å². The molecular formula is C14H26N2O3. The van der Waals surface area contributed by atoms with E-state index in [0.29, 0.717) is 12.5 Å². The van der Waals surface area contributed by atoms with Crippen LogP contribution in [0.2, 0.25) is 0 Å². The number of hydrogen-bond donors (Lipinski definition) is 1. The van der Waals surface area contributed by atoms with Gasteiger partial charge in [-0.3, -0.25) is 14.5 Å². The lowest BCUT2D eigenvalue weighted by Crippen LogP contribution is -2.53. The van der Waals surface area contributed by atoms with Gasteiger partial charge in [-0.05, 0) is 18.9 Å². The van der Waals surface area contributed by atoms with E-state index in [-0.39, 0.29) is 12.3 Å². The van der Waals surface area contributed by atoms with Gasteiger partial charge in [0.15, 0.2) is 0 Å². The number of nitrogens with zero attached hydrogens (tertiary/aromatic N) is 2. The highest BCUT2D eigenvalue weighted by atomic mass is 16.4. The van der Waals surface area contributed by atoms with Crippen molar-refractivity contribution >= 4 is 11.9 Å². The Labute approximate surface area is 115 Å². The highest BCUT2D eigenvalue weighted by molar-refractivity contribution is 5.78. The first-order valence-electron chi connectivity index (χ1n) is 6.99. The SMILES string of the molecule is CCN1CCN(C(=O)CC(C)(C)CC(=O)O)CC1C. The Bertz CT molecular complexity index is 342. The Morgan fingerprint density at radius 3 is 2.37 bits per heavy atom. The van der Waals surface area contributed by atoms with Gasteiger partial charge in [-0.25, -0.2) is 0 Å². The van der Waals surface area contributed by atoms with Crippen LogP contribution in [-0.2, 0) is 9.59 Å². The van der Waals surface area contributed by atoms with Gasteiger partial charge in [0.2, 0.25) is 5.91 Å². The van der Waals surface area contributed by atoms with Gasteiger partial charge >= 0.3 is 5.97 Å². The van der Waals surface area contributed by atoms with E-state index in [1.165, 1.54) is 0 Å². The van der Waals surface area contributed by atoms with Crippen molar-refractivity contribution in [2.45, 2.75) is 46.6 Å². The van der Waals surface area contributed by atoms with Crippen molar-refractivity contribution in [1.82, 2.24) is 9.80 Å². The molecule has 0 spiro atoms. The first kappa shape index (κ1) is 16.0. The summed E-state index contributed by atoms with van der Waals surface area (Å²) in [5.74, 6) is -0.768. The zero-order chi connectivity index (χ0) is 14.6. The normalized spacial score (nSPS) is 21.5. The number of rotatable bonds is 5. The molecule has 1 saturated heterocycles. The van der Waals surface area contributed by atoms with Crippen molar-refractivity contribution < 1.29 is 14.7 Å². The fourth-order valence-electron chi connectivity index (χ4n) is 2.68. The summed E-state index contributed by atoms with van der Waals surface area (Å²) in [6.07, 6.45) is 0.335. The predicted octanol–water partition coefficient (Wildman–Crippen LogP) is 1.43. The molecule has 1 N–H and O–H groups in total. The molecule has 1 aliphatic rings. The number of amides is 1. The molecule has 0 radical (unpaired) electrons. The second-order valence-electron chi connectivity index (χ2n) is 6.23. The smallest absolute Gasteiger partial charge is 0.303 e. The molecular weight excluding hydrogens is 244 g/mol. The van der Waals surface area contributed by atoms with Crippen molar-refractivity contribution in [3.8, 4) is 0 Å². The molecule has 19 heavy (non-hydrogen) atoms. The summed E-state index contributed by atoms with van der Waals surface area (Å²) < 4.78 is 0. The zero-order valence-corrected chi connectivity index (χ0v) is 12.5. The number of carbonyl (C=O) groups is 2. The van der Waals surface area contributed by atoms with Gasteiger partial charge in [-0.2, -0.15) is 0 Å². The Hall–Kier alpha value is -1.10. The predicted molar refractivity (Wildman–Crippen MR) is 73.9 cm³/mol. The number of carboxylic acid groups (broad SMARTS) is 1. The molecule has 1 amide bonds. The molecule has 0 aliphatic carbocycles. The second kappa shape index (κ2) is 6.37. The van der Waals surface area contributed by atoms with Crippen molar-refractivity contribution in [1.29, 1.82) is 0 Å². The molecule has 0 saturated carbocycles. The first-order chi connectivity index (χ1) is 8.75. The molecule has 0 bridgehead atoms. The number of likely N-dealkylation sites (N-methyl/N-ethyl adjacent to an activating group) is 1. The van der Waals surface area contributed by atoms with Gasteiger partial charge < -0.3 is 10.0 Å². The summed E-state index contributed by atoms with van der Waals surface area (Å²) in [6.45, 7) is 11.3. The average molecular weight is 270 g/mol.